The number of methoxy groups -OCH3 is 1. The van der Waals surface area contributed by atoms with E-state index in [-0.39, 0.29) is 5.70 Å². The average Bonchev–Trinajstić information content (AvgIpc) is 3.09. The molecule has 4 aromatic rings. The van der Waals surface area contributed by atoms with Crippen LogP contribution >= 0.6 is 11.6 Å². The summed E-state index contributed by atoms with van der Waals surface area (Å²) in [5, 5.41) is 19.4. The van der Waals surface area contributed by atoms with Gasteiger partial charge in [0.15, 0.2) is 5.70 Å². The molecular weight excluding hydrogens is 350 g/mol. The molecule has 2 heterocycles. The lowest BCUT2D eigenvalue weighted by Gasteiger charge is -2.05. The summed E-state index contributed by atoms with van der Waals surface area (Å²) in [5.74, 6) is 0.719. The van der Waals surface area contributed by atoms with E-state index in [1.165, 1.54) is 4.80 Å². The van der Waals surface area contributed by atoms with E-state index in [2.05, 4.69) is 21.3 Å². The van der Waals surface area contributed by atoms with Crippen LogP contribution in [0.3, 0.4) is 0 Å². The Labute approximate surface area is 153 Å². The summed E-state index contributed by atoms with van der Waals surface area (Å²) in [7, 11) is 1.60. The molecule has 0 N–H and O–H groups in total. The first kappa shape index (κ1) is 16.1. The van der Waals surface area contributed by atoms with Gasteiger partial charge in [0.1, 0.15) is 28.0 Å². The Morgan fingerprint density at radius 3 is 2.50 bits per heavy atom. The Morgan fingerprint density at radius 2 is 1.85 bits per heavy atom. The molecule has 0 aliphatic heterocycles. The van der Waals surface area contributed by atoms with Gasteiger partial charge in [-0.05, 0) is 42.5 Å². The minimum atomic E-state index is 0.243. The number of nitriles is 1. The van der Waals surface area contributed by atoms with E-state index in [9.17, 15) is 5.26 Å². The lowest BCUT2D eigenvalue weighted by molar-refractivity contribution is 0.415. The second-order valence-corrected chi connectivity index (χ2v) is 5.90. The van der Waals surface area contributed by atoms with E-state index in [0.29, 0.717) is 21.7 Å². The van der Waals surface area contributed by atoms with Crippen LogP contribution in [-0.4, -0.2) is 27.1 Å². The molecule has 0 aliphatic carbocycles. The van der Waals surface area contributed by atoms with E-state index in [4.69, 9.17) is 16.3 Å². The quantitative estimate of drug-likeness (QED) is 0.404. The van der Waals surface area contributed by atoms with Crippen molar-refractivity contribution in [3.63, 3.8) is 0 Å². The van der Waals surface area contributed by atoms with Crippen molar-refractivity contribution in [3.05, 3.63) is 59.2 Å². The van der Waals surface area contributed by atoms with Gasteiger partial charge < -0.3 is 4.74 Å². The first-order valence-electron chi connectivity index (χ1n) is 7.76. The molecule has 126 valence electrons. The Balaban J connectivity index is 1.84. The van der Waals surface area contributed by atoms with Crippen LogP contribution in [0, 0.1) is 11.3 Å². The van der Waals surface area contributed by atoms with Gasteiger partial charge in [-0.1, -0.05) is 23.7 Å². The number of aromatic nitrogens is 4. The summed E-state index contributed by atoms with van der Waals surface area (Å²) in [5.41, 5.74) is 3.01. The predicted octanol–water partition coefficient (Wildman–Crippen LogP) is 4.16. The molecule has 0 amide bonds. The van der Waals surface area contributed by atoms with Crippen LogP contribution in [0.25, 0.3) is 33.7 Å². The molecule has 0 fully saturated rings. The van der Waals surface area contributed by atoms with E-state index < -0.39 is 0 Å². The zero-order valence-corrected chi connectivity index (χ0v) is 14.5. The molecule has 4 rings (SSSR count). The Morgan fingerprint density at radius 1 is 1.12 bits per heavy atom. The number of nitrogens with zero attached hydrogens (tertiary/aromatic N) is 5. The fraction of sp³-hybridized carbons (Fsp3) is 0.0526. The molecular formula is C19H12ClN5O. The number of fused-ring (bicyclic) bond motifs is 2. The highest BCUT2D eigenvalue weighted by molar-refractivity contribution is 6.31. The molecule has 0 bridgehead atoms. The van der Waals surface area contributed by atoms with Gasteiger partial charge in [-0.15, -0.1) is 15.0 Å². The van der Waals surface area contributed by atoms with Crippen LogP contribution in [0.4, 0.5) is 0 Å². The molecule has 0 unspecified atom stereocenters. The highest BCUT2D eigenvalue weighted by Gasteiger charge is 2.10. The third kappa shape index (κ3) is 2.85. The third-order valence-corrected chi connectivity index (χ3v) is 4.21. The fourth-order valence-corrected chi connectivity index (χ4v) is 2.83. The number of allylic oxidation sites excluding steroid dienone is 1. The van der Waals surface area contributed by atoms with Gasteiger partial charge in [0, 0.05) is 10.9 Å². The standard InChI is InChI=1S/C19H12ClN5O/c1-26-15-6-7-16-12(10-15)8-13(19(20)22-16)9-14(11-21)25-23-17-4-2-3-5-18(17)24-25/h2-10H,1H3/b14-9+. The van der Waals surface area contributed by atoms with Crippen LogP contribution in [-0.2, 0) is 0 Å². The summed E-state index contributed by atoms with van der Waals surface area (Å²) < 4.78 is 5.25. The molecule has 7 heteroatoms. The number of ether oxygens (including phenoxy) is 1. The van der Waals surface area contributed by atoms with Gasteiger partial charge in [-0.2, -0.15) is 5.26 Å². The highest BCUT2D eigenvalue weighted by atomic mass is 35.5. The molecule has 6 nitrogen and oxygen atoms in total. The van der Waals surface area contributed by atoms with Crippen molar-refractivity contribution in [1.82, 2.24) is 20.0 Å². The fourth-order valence-electron chi connectivity index (χ4n) is 2.63. The zero-order valence-electron chi connectivity index (χ0n) is 13.7. The van der Waals surface area contributed by atoms with Crippen molar-refractivity contribution < 1.29 is 4.74 Å². The summed E-state index contributed by atoms with van der Waals surface area (Å²) in [4.78, 5) is 5.68. The zero-order chi connectivity index (χ0) is 18.1. The summed E-state index contributed by atoms with van der Waals surface area (Å²) in [6, 6.07) is 16.9. The molecule has 2 aromatic carbocycles. The lowest BCUT2D eigenvalue weighted by Crippen LogP contribution is -1.99. The lowest BCUT2D eigenvalue weighted by atomic mass is 10.1. The van der Waals surface area contributed by atoms with Gasteiger partial charge in [0.2, 0.25) is 0 Å². The largest absolute Gasteiger partial charge is 0.497 e. The number of hydrogen-bond acceptors (Lipinski definition) is 5. The van der Waals surface area contributed by atoms with Crippen molar-refractivity contribution in [2.45, 2.75) is 0 Å². The molecule has 0 spiro atoms. The predicted molar refractivity (Wildman–Crippen MR) is 101 cm³/mol. The van der Waals surface area contributed by atoms with Crippen LogP contribution < -0.4 is 4.74 Å². The average molecular weight is 362 g/mol. The van der Waals surface area contributed by atoms with Gasteiger partial charge in [0.05, 0.1) is 12.6 Å². The SMILES string of the molecule is COc1ccc2nc(Cl)c(/C=C(\C#N)n3nc4ccccc4n3)cc2c1. The number of halogens is 1. The van der Waals surface area contributed by atoms with Gasteiger partial charge in [0.25, 0.3) is 0 Å². The van der Waals surface area contributed by atoms with Crippen LogP contribution in [0.5, 0.6) is 5.75 Å². The van der Waals surface area contributed by atoms with E-state index >= 15 is 0 Å². The second kappa shape index (κ2) is 6.47. The molecule has 0 saturated carbocycles. The molecule has 0 radical (unpaired) electrons. The Hall–Kier alpha value is -3.43. The van der Waals surface area contributed by atoms with Crippen LogP contribution in [0.15, 0.2) is 48.5 Å². The van der Waals surface area contributed by atoms with E-state index in [0.717, 1.165) is 16.7 Å². The van der Waals surface area contributed by atoms with Crippen molar-refractivity contribution in [2.24, 2.45) is 0 Å². The van der Waals surface area contributed by atoms with Crippen LogP contribution in [0.2, 0.25) is 5.15 Å². The van der Waals surface area contributed by atoms with Crippen molar-refractivity contribution >= 4 is 45.3 Å². The second-order valence-electron chi connectivity index (χ2n) is 5.55. The smallest absolute Gasteiger partial charge is 0.163 e. The van der Waals surface area contributed by atoms with Crippen LogP contribution in [0.1, 0.15) is 5.56 Å². The maximum atomic E-state index is 9.55. The van der Waals surface area contributed by atoms with Gasteiger partial charge in [-0.25, -0.2) is 4.98 Å². The summed E-state index contributed by atoms with van der Waals surface area (Å²) in [6.07, 6.45) is 1.62. The van der Waals surface area contributed by atoms with Gasteiger partial charge >= 0.3 is 0 Å². The maximum absolute atomic E-state index is 9.55. The van der Waals surface area contributed by atoms with Crippen molar-refractivity contribution in [1.29, 1.82) is 5.26 Å². The maximum Gasteiger partial charge on any atom is 0.163 e. The number of hydrogen-bond donors (Lipinski definition) is 0. The number of rotatable bonds is 3. The molecule has 2 aromatic heterocycles. The minimum Gasteiger partial charge on any atom is -0.497 e. The summed E-state index contributed by atoms with van der Waals surface area (Å²) in [6.45, 7) is 0. The Bertz CT molecular complexity index is 1170. The third-order valence-electron chi connectivity index (χ3n) is 3.91. The van der Waals surface area contributed by atoms with E-state index in [1.807, 2.05) is 48.5 Å². The molecule has 0 aliphatic rings. The highest BCUT2D eigenvalue weighted by Crippen LogP contribution is 2.26. The normalized spacial score (nSPS) is 11.7. The summed E-state index contributed by atoms with van der Waals surface area (Å²) >= 11 is 6.30. The number of benzene rings is 2. The van der Waals surface area contributed by atoms with Crippen molar-refractivity contribution in [2.75, 3.05) is 7.11 Å². The number of pyridine rings is 1. The minimum absolute atomic E-state index is 0.243. The first-order chi connectivity index (χ1) is 12.7. The topological polar surface area (TPSA) is 76.6 Å². The first-order valence-corrected chi connectivity index (χ1v) is 8.14. The molecule has 0 saturated heterocycles. The van der Waals surface area contributed by atoms with E-state index in [1.54, 1.807) is 13.2 Å². The molecule has 26 heavy (non-hydrogen) atoms. The monoisotopic (exact) mass is 361 g/mol. The Kier molecular flexibility index (Phi) is 3.99. The van der Waals surface area contributed by atoms with Crippen molar-refractivity contribution in [3.8, 4) is 11.8 Å². The molecule has 0 atom stereocenters. The van der Waals surface area contributed by atoms with Gasteiger partial charge in [-0.3, -0.25) is 0 Å².